The molecule has 1 fully saturated rings. The summed E-state index contributed by atoms with van der Waals surface area (Å²) in [4.78, 5) is 11.0. The summed E-state index contributed by atoms with van der Waals surface area (Å²) in [7, 11) is 1.14. The van der Waals surface area contributed by atoms with Gasteiger partial charge in [0.1, 0.15) is 5.75 Å². The zero-order valence-electron chi connectivity index (χ0n) is 10.9. The van der Waals surface area contributed by atoms with E-state index in [0.29, 0.717) is 24.5 Å². The van der Waals surface area contributed by atoms with E-state index in [2.05, 4.69) is 13.8 Å². The highest BCUT2D eigenvalue weighted by Crippen LogP contribution is 2.22. The van der Waals surface area contributed by atoms with Crippen LogP contribution in [-0.4, -0.2) is 33.7 Å². The number of hydrogen-bond acceptors (Lipinski definition) is 4. The van der Waals surface area contributed by atoms with Gasteiger partial charge < -0.3 is 14.0 Å². The first-order chi connectivity index (χ1) is 8.55. The minimum absolute atomic E-state index is 0.0382. The Hall–Kier alpha value is -1.33. The number of methoxy groups -OCH3 is 1. The van der Waals surface area contributed by atoms with Crippen LogP contribution < -0.4 is 10.2 Å². The molecule has 0 aliphatic carbocycles. The Bertz CT molecular complexity index is 435. The fourth-order valence-corrected chi connectivity index (χ4v) is 1.88. The third-order valence-electron chi connectivity index (χ3n) is 2.90. The number of hydrogen-bond donors (Lipinski definition) is 0. The lowest BCUT2D eigenvalue weighted by Crippen LogP contribution is -2.47. The molecule has 1 saturated heterocycles. The molecule has 18 heavy (non-hydrogen) atoms. The van der Waals surface area contributed by atoms with Crippen LogP contribution in [0.25, 0.3) is 0 Å². The van der Waals surface area contributed by atoms with Gasteiger partial charge in [0, 0.05) is 18.6 Å². The highest BCUT2D eigenvalue weighted by Gasteiger charge is 2.33. The predicted octanol–water partition coefficient (Wildman–Crippen LogP) is 1.28. The number of carbonyl (C=O) groups is 1. The number of carbonyl (C=O) groups excluding carboxylic acids is 1. The normalized spacial score (nSPS) is 18.5. The van der Waals surface area contributed by atoms with E-state index in [1.54, 1.807) is 12.1 Å². The average Bonchev–Trinajstić information content (AvgIpc) is 2.38. The fourth-order valence-electron chi connectivity index (χ4n) is 1.88. The minimum Gasteiger partial charge on any atom is -0.496 e. The molecule has 0 saturated carbocycles. The van der Waals surface area contributed by atoms with E-state index in [1.165, 1.54) is 7.11 Å². The molecule has 1 heterocycles. The van der Waals surface area contributed by atoms with Crippen molar-refractivity contribution >= 4 is 18.9 Å². The van der Waals surface area contributed by atoms with Crippen LogP contribution in [0.15, 0.2) is 18.2 Å². The maximum atomic E-state index is 11.0. The Morgan fingerprint density at radius 2 is 2.00 bits per heavy atom. The summed E-state index contributed by atoms with van der Waals surface area (Å²) in [5.74, 6) is 0.560. The summed E-state index contributed by atoms with van der Waals surface area (Å²) in [5.41, 5.74) is 1.39. The third-order valence-corrected chi connectivity index (χ3v) is 2.90. The molecule has 96 valence electrons. The number of ether oxygens (including phenoxy) is 1. The average molecular weight is 248 g/mol. The van der Waals surface area contributed by atoms with Gasteiger partial charge in [0.25, 0.3) is 0 Å². The topological polar surface area (TPSA) is 44.8 Å². The van der Waals surface area contributed by atoms with Crippen LogP contribution in [0.5, 0.6) is 5.75 Å². The first kappa shape index (κ1) is 13.1. The van der Waals surface area contributed by atoms with Crippen molar-refractivity contribution in [2.75, 3.05) is 20.3 Å². The first-order valence-electron chi connectivity index (χ1n) is 5.92. The summed E-state index contributed by atoms with van der Waals surface area (Å²) < 4.78 is 16.4. The summed E-state index contributed by atoms with van der Waals surface area (Å²) in [5, 5.41) is 0. The molecule has 4 nitrogen and oxygen atoms in total. The van der Waals surface area contributed by atoms with Crippen molar-refractivity contribution in [3.8, 4) is 5.75 Å². The second kappa shape index (κ2) is 5.12. The van der Waals surface area contributed by atoms with Crippen molar-refractivity contribution in [3.05, 3.63) is 23.8 Å². The number of benzene rings is 1. The van der Waals surface area contributed by atoms with Gasteiger partial charge in [0.05, 0.1) is 12.7 Å². The summed E-state index contributed by atoms with van der Waals surface area (Å²) in [6.07, 6.45) is 0.773. The summed E-state index contributed by atoms with van der Waals surface area (Å²) >= 11 is 0. The maximum absolute atomic E-state index is 11.0. The molecule has 0 N–H and O–H groups in total. The molecular weight excluding hydrogens is 231 g/mol. The van der Waals surface area contributed by atoms with E-state index < -0.39 is 7.12 Å². The van der Waals surface area contributed by atoms with E-state index in [4.69, 9.17) is 14.0 Å². The van der Waals surface area contributed by atoms with Crippen LogP contribution in [0.4, 0.5) is 0 Å². The van der Waals surface area contributed by atoms with Gasteiger partial charge in [-0.2, -0.15) is 0 Å². The molecule has 0 aromatic heterocycles. The highest BCUT2D eigenvalue weighted by molar-refractivity contribution is 6.61. The highest BCUT2D eigenvalue weighted by atomic mass is 16.6. The van der Waals surface area contributed by atoms with E-state index in [-0.39, 0.29) is 5.41 Å². The van der Waals surface area contributed by atoms with Crippen molar-refractivity contribution in [1.82, 2.24) is 0 Å². The quantitative estimate of drug-likeness (QED) is 0.597. The molecule has 5 heteroatoms. The Balaban J connectivity index is 2.17. The first-order valence-corrected chi connectivity index (χ1v) is 5.92. The van der Waals surface area contributed by atoms with Gasteiger partial charge in [-0.3, -0.25) is 4.79 Å². The molecule has 1 aromatic carbocycles. The second-order valence-electron chi connectivity index (χ2n) is 5.24. The van der Waals surface area contributed by atoms with Crippen LogP contribution in [0, 0.1) is 5.41 Å². The molecule has 0 spiro atoms. The molecule has 0 radical (unpaired) electrons. The molecule has 1 aromatic rings. The summed E-state index contributed by atoms with van der Waals surface area (Å²) in [6.45, 7) is 5.46. The van der Waals surface area contributed by atoms with Gasteiger partial charge in [-0.1, -0.05) is 19.9 Å². The van der Waals surface area contributed by atoms with Crippen molar-refractivity contribution in [1.29, 1.82) is 0 Å². The molecule has 0 atom stereocenters. The van der Waals surface area contributed by atoms with E-state index in [9.17, 15) is 4.79 Å². The standard InChI is InChI=1S/C13H17BO4/c1-13(2)8-17-14(18-9-13)11-4-5-12(16-3)10(6-11)7-15/h4-7H,8-9H2,1-3H3. The lowest BCUT2D eigenvalue weighted by molar-refractivity contribution is 0.0343. The molecule has 1 aliphatic rings. The van der Waals surface area contributed by atoms with E-state index >= 15 is 0 Å². The van der Waals surface area contributed by atoms with Crippen molar-refractivity contribution < 1.29 is 18.8 Å². The SMILES string of the molecule is COc1ccc(B2OCC(C)(C)CO2)cc1C=O. The Morgan fingerprint density at radius 3 is 2.56 bits per heavy atom. The van der Waals surface area contributed by atoms with Crippen molar-refractivity contribution in [3.63, 3.8) is 0 Å². The van der Waals surface area contributed by atoms with Crippen LogP contribution in [0.3, 0.4) is 0 Å². The Kier molecular flexibility index (Phi) is 3.73. The van der Waals surface area contributed by atoms with Gasteiger partial charge >= 0.3 is 7.12 Å². The molecule has 1 aliphatic heterocycles. The molecule has 0 bridgehead atoms. The van der Waals surface area contributed by atoms with Gasteiger partial charge in [-0.05, 0) is 17.6 Å². The minimum atomic E-state index is -0.400. The van der Waals surface area contributed by atoms with Crippen molar-refractivity contribution in [2.45, 2.75) is 13.8 Å². The van der Waals surface area contributed by atoms with Gasteiger partial charge in [-0.25, -0.2) is 0 Å². The zero-order chi connectivity index (χ0) is 13.2. The lowest BCUT2D eigenvalue weighted by Gasteiger charge is -2.33. The van der Waals surface area contributed by atoms with Crippen LogP contribution >= 0.6 is 0 Å². The molecule has 0 amide bonds. The smallest absolute Gasteiger partial charge is 0.493 e. The lowest BCUT2D eigenvalue weighted by atomic mass is 9.75. The van der Waals surface area contributed by atoms with Gasteiger partial charge in [0.15, 0.2) is 6.29 Å². The number of rotatable bonds is 3. The fraction of sp³-hybridized carbons (Fsp3) is 0.462. The van der Waals surface area contributed by atoms with Gasteiger partial charge in [0.2, 0.25) is 0 Å². The van der Waals surface area contributed by atoms with E-state index in [0.717, 1.165) is 11.7 Å². The number of aldehydes is 1. The van der Waals surface area contributed by atoms with E-state index in [1.807, 2.05) is 6.07 Å². The zero-order valence-corrected chi connectivity index (χ0v) is 10.9. The molecule has 2 rings (SSSR count). The largest absolute Gasteiger partial charge is 0.496 e. The monoisotopic (exact) mass is 248 g/mol. The summed E-state index contributed by atoms with van der Waals surface area (Å²) in [6, 6.07) is 5.36. The third kappa shape index (κ3) is 2.74. The van der Waals surface area contributed by atoms with Crippen molar-refractivity contribution in [2.24, 2.45) is 5.41 Å². The van der Waals surface area contributed by atoms with Gasteiger partial charge in [-0.15, -0.1) is 0 Å². The predicted molar refractivity (Wildman–Crippen MR) is 69.5 cm³/mol. The second-order valence-corrected chi connectivity index (χ2v) is 5.24. The molecular formula is C13H17BO4. The maximum Gasteiger partial charge on any atom is 0.493 e. The van der Waals surface area contributed by atoms with Crippen LogP contribution in [-0.2, 0) is 9.31 Å². The van der Waals surface area contributed by atoms with Crippen LogP contribution in [0.1, 0.15) is 24.2 Å². The van der Waals surface area contributed by atoms with Crippen LogP contribution in [0.2, 0.25) is 0 Å². The molecule has 0 unspecified atom stereocenters. The Labute approximate surface area is 107 Å². The Morgan fingerprint density at radius 1 is 1.33 bits per heavy atom.